The molecule has 1 aliphatic rings. The van der Waals surface area contributed by atoms with Gasteiger partial charge in [0.15, 0.2) is 6.08 Å². The highest BCUT2D eigenvalue weighted by molar-refractivity contribution is 5.64. The topological polar surface area (TPSA) is 190 Å². The number of nitrogens with zero attached hydrogens (tertiary/aromatic N) is 7. The van der Waals surface area contributed by atoms with Crippen molar-refractivity contribution in [1.82, 2.24) is 20.2 Å². The van der Waals surface area contributed by atoms with E-state index >= 15 is 0 Å². The van der Waals surface area contributed by atoms with Crippen LogP contribution in [0.5, 0.6) is 0 Å². The first kappa shape index (κ1) is 21.0. The van der Waals surface area contributed by atoms with Gasteiger partial charge in [0.2, 0.25) is 23.1 Å². The Kier molecular flexibility index (Phi) is 6.41. The van der Waals surface area contributed by atoms with Crippen molar-refractivity contribution in [2.45, 2.75) is 6.42 Å². The van der Waals surface area contributed by atoms with E-state index in [1.54, 1.807) is 0 Å². The number of aromatic nitrogens is 5. The van der Waals surface area contributed by atoms with Crippen LogP contribution in [0.4, 0.5) is 29.4 Å². The number of rotatable bonds is 7. The van der Waals surface area contributed by atoms with E-state index in [1.165, 1.54) is 11.0 Å². The molecule has 1 aromatic carbocycles. The molecule has 0 spiro atoms. The number of nitrogen functional groups attached to an aromatic ring is 2. The zero-order valence-electron chi connectivity index (χ0n) is 17.0. The minimum Gasteiger partial charge on any atom is -0.600 e. The Hall–Kier alpha value is -4.20. The van der Waals surface area contributed by atoms with E-state index in [0.717, 1.165) is 11.3 Å². The molecule has 0 unspecified atom stereocenters. The van der Waals surface area contributed by atoms with Crippen LogP contribution in [0.15, 0.2) is 40.0 Å². The molecule has 1 aliphatic heterocycles. The summed E-state index contributed by atoms with van der Waals surface area (Å²) in [6.45, 7) is 2.71. The van der Waals surface area contributed by atoms with Gasteiger partial charge in [-0.2, -0.15) is 19.9 Å². The molecule has 0 saturated carbocycles. The second-order valence-corrected chi connectivity index (χ2v) is 6.70. The van der Waals surface area contributed by atoms with Crippen molar-refractivity contribution in [2.24, 2.45) is 4.99 Å². The molecule has 14 heteroatoms. The van der Waals surface area contributed by atoms with Crippen molar-refractivity contribution in [1.29, 1.82) is 0 Å². The minimum atomic E-state index is -0.751. The molecule has 14 nitrogen and oxygen atoms in total. The number of anilines is 4. The number of hydrogen-bond donors (Lipinski definition) is 3. The van der Waals surface area contributed by atoms with Crippen LogP contribution in [-0.4, -0.2) is 59.2 Å². The molecule has 5 N–H and O–H groups in total. The van der Waals surface area contributed by atoms with E-state index in [9.17, 15) is 5.11 Å². The molecule has 0 radical (unpaired) electrons. The van der Waals surface area contributed by atoms with Crippen LogP contribution in [0.3, 0.4) is 0 Å². The van der Waals surface area contributed by atoms with Gasteiger partial charge in [-0.15, -0.1) is 5.01 Å². The van der Waals surface area contributed by atoms with Gasteiger partial charge in [0.05, 0.1) is 31.1 Å². The largest absolute Gasteiger partial charge is 0.600 e. The van der Waals surface area contributed by atoms with Gasteiger partial charge in [0.25, 0.3) is 6.20 Å². The molecule has 3 aromatic rings. The van der Waals surface area contributed by atoms with Crippen LogP contribution < -0.4 is 31.7 Å². The van der Waals surface area contributed by atoms with Crippen molar-refractivity contribution in [2.75, 3.05) is 54.7 Å². The Bertz CT molecular complexity index is 1050. The third-order valence-electron chi connectivity index (χ3n) is 4.42. The van der Waals surface area contributed by atoms with Crippen LogP contribution >= 0.6 is 0 Å². The van der Waals surface area contributed by atoms with Crippen LogP contribution in [0, 0.1) is 0 Å². The Balaban J connectivity index is 1.25. The van der Waals surface area contributed by atoms with Crippen LogP contribution in [0.25, 0.3) is 0 Å². The molecule has 4 rings (SSSR count). The van der Waals surface area contributed by atoms with Crippen molar-refractivity contribution < 1.29 is 23.9 Å². The molecule has 0 amide bonds. The lowest BCUT2D eigenvalue weighted by Gasteiger charge is -2.18. The summed E-state index contributed by atoms with van der Waals surface area (Å²) in [6.07, 6.45) is 1.28. The normalized spacial score (nSPS) is 14.4. The van der Waals surface area contributed by atoms with Gasteiger partial charge in [0.1, 0.15) is 0 Å². The lowest BCUT2D eigenvalue weighted by molar-refractivity contribution is -0.759. The van der Waals surface area contributed by atoms with E-state index in [0.29, 0.717) is 32.7 Å². The van der Waals surface area contributed by atoms with Crippen LogP contribution in [0.1, 0.15) is 5.56 Å². The summed E-state index contributed by atoms with van der Waals surface area (Å²) >= 11 is 0. The van der Waals surface area contributed by atoms with Gasteiger partial charge in [0, 0.05) is 5.69 Å². The second kappa shape index (κ2) is 9.74. The number of hydrogen-bond acceptors (Lipinski definition) is 13. The average molecular weight is 442 g/mol. The fraction of sp³-hybridized carbons (Fsp3) is 0.333. The summed E-state index contributed by atoms with van der Waals surface area (Å²) in [4.78, 5) is 16.9. The Morgan fingerprint density at radius 3 is 2.59 bits per heavy atom. The molecule has 32 heavy (non-hydrogen) atoms. The minimum absolute atomic E-state index is 0.0325. The van der Waals surface area contributed by atoms with Crippen molar-refractivity contribution >= 4 is 35.5 Å². The van der Waals surface area contributed by atoms with Crippen molar-refractivity contribution in [3.63, 3.8) is 0 Å². The van der Waals surface area contributed by atoms with E-state index < -0.39 is 6.08 Å². The van der Waals surface area contributed by atoms with Crippen molar-refractivity contribution in [3.8, 4) is 0 Å². The summed E-state index contributed by atoms with van der Waals surface area (Å²) in [5, 5.41) is 20.7. The first-order valence-corrected chi connectivity index (χ1v) is 9.78. The first-order chi connectivity index (χ1) is 15.5. The lowest BCUT2D eigenvalue weighted by Crippen LogP contribution is -2.62. The summed E-state index contributed by atoms with van der Waals surface area (Å²) in [6, 6.07) is 7.42. The predicted octanol–water partition coefficient (Wildman–Crippen LogP) is -1.37. The number of nitrogens with one attached hydrogen (secondary N) is 1. The highest BCUT2D eigenvalue weighted by Crippen LogP contribution is 2.15. The summed E-state index contributed by atoms with van der Waals surface area (Å²) in [5.41, 5.74) is 12.8. The van der Waals surface area contributed by atoms with Gasteiger partial charge in [-0.1, -0.05) is 12.1 Å². The number of morpholine rings is 1. The second-order valence-electron chi connectivity index (χ2n) is 6.70. The SMILES string of the molecule is Nc1nc(N)nc(Nc2ccc(CCO/C([O-])=N/c3c[n+](N4CCOCC4)no3)cc2)n1. The first-order valence-electron chi connectivity index (χ1n) is 9.78. The Labute approximate surface area is 182 Å². The molecule has 168 valence electrons. The van der Waals surface area contributed by atoms with Gasteiger partial charge in [-0.05, 0) is 30.7 Å². The number of ether oxygens (including phenoxy) is 2. The van der Waals surface area contributed by atoms with E-state index in [1.807, 2.05) is 29.3 Å². The summed E-state index contributed by atoms with van der Waals surface area (Å²) < 4.78 is 15.5. The molecular formula is C18H22N10O4. The maximum atomic E-state index is 11.9. The molecule has 1 saturated heterocycles. The quantitative estimate of drug-likeness (QED) is 0.221. The van der Waals surface area contributed by atoms with Gasteiger partial charge in [-0.25, -0.2) is 0 Å². The molecule has 0 atom stereocenters. The average Bonchev–Trinajstić information content (AvgIpc) is 3.23. The standard InChI is InChI=1S/C18H22N10O4/c19-15-23-16(20)25-17(24-15)21-13-3-1-12(2-4-13)5-8-31-18(29)22-14-11-28(26-32-14)27-6-9-30-10-7-27/h1-4,11H,5-10H2,(H5-,19,20,21,22,23,24,25,26,29). The van der Waals surface area contributed by atoms with E-state index in [4.69, 9.17) is 25.5 Å². The highest BCUT2D eigenvalue weighted by Gasteiger charge is 2.22. The molecule has 1 fully saturated rings. The van der Waals surface area contributed by atoms with Gasteiger partial charge in [-0.3, -0.25) is 4.52 Å². The smallest absolute Gasteiger partial charge is 0.326 e. The maximum absolute atomic E-state index is 11.9. The van der Waals surface area contributed by atoms with Crippen molar-refractivity contribution in [3.05, 3.63) is 36.0 Å². The zero-order valence-corrected chi connectivity index (χ0v) is 17.0. The molecular weight excluding hydrogens is 420 g/mol. The molecule has 2 aromatic heterocycles. The van der Waals surface area contributed by atoms with Gasteiger partial charge >= 0.3 is 5.88 Å². The zero-order chi connectivity index (χ0) is 22.3. The summed E-state index contributed by atoms with van der Waals surface area (Å²) in [7, 11) is 0. The van der Waals surface area contributed by atoms with E-state index in [-0.39, 0.29) is 30.3 Å². The fourth-order valence-corrected chi connectivity index (χ4v) is 2.90. The summed E-state index contributed by atoms with van der Waals surface area (Å²) in [5.74, 6) is 0.382. The van der Waals surface area contributed by atoms with Crippen LogP contribution in [-0.2, 0) is 15.9 Å². The maximum Gasteiger partial charge on any atom is 0.326 e. The van der Waals surface area contributed by atoms with E-state index in [2.05, 4.69) is 30.5 Å². The molecule has 3 heterocycles. The fourth-order valence-electron chi connectivity index (χ4n) is 2.90. The number of benzene rings is 1. The lowest BCUT2D eigenvalue weighted by atomic mass is 10.1. The third-order valence-corrected chi connectivity index (χ3v) is 4.42. The predicted molar refractivity (Wildman–Crippen MR) is 111 cm³/mol. The Morgan fingerprint density at radius 2 is 1.88 bits per heavy atom. The molecule has 0 bridgehead atoms. The monoisotopic (exact) mass is 442 g/mol. The third kappa shape index (κ3) is 5.69. The molecule has 0 aliphatic carbocycles. The van der Waals surface area contributed by atoms with Gasteiger partial charge < -0.3 is 31.4 Å². The number of nitrogens with two attached hydrogens (primary N) is 2. The highest BCUT2D eigenvalue weighted by atomic mass is 16.6. The van der Waals surface area contributed by atoms with Crippen LogP contribution in [0.2, 0.25) is 0 Å². The Morgan fingerprint density at radius 1 is 1.16 bits per heavy atom. The number of aliphatic imine (C=N–C) groups is 1.